The largest absolute Gasteiger partial charge is 0.454 e. The molecule has 0 aromatic heterocycles. The van der Waals surface area contributed by atoms with E-state index in [1.165, 1.54) is 40.0 Å². The molecule has 12 nitrogen and oxygen atoms in total. The number of amides is 2. The van der Waals surface area contributed by atoms with Crippen molar-refractivity contribution in [3.05, 3.63) is 0 Å². The number of nitrogens with two attached hydrogens (primary N) is 2. The first-order chi connectivity index (χ1) is 21.3. The molecule has 0 saturated heterocycles. The Labute approximate surface area is 270 Å². The summed E-state index contributed by atoms with van der Waals surface area (Å²) in [6.07, 6.45) is 7.96. The smallest absolute Gasteiger partial charge is 0.427 e. The van der Waals surface area contributed by atoms with Gasteiger partial charge in [-0.25, -0.2) is 0 Å². The van der Waals surface area contributed by atoms with Crippen molar-refractivity contribution in [3.63, 3.8) is 0 Å². The molecule has 0 aliphatic heterocycles. The average Bonchev–Trinajstić information content (AvgIpc) is 2.98. The maximum atomic E-state index is 13.2. The molecule has 0 unspecified atom stereocenters. The van der Waals surface area contributed by atoms with Crippen LogP contribution in [0.4, 0.5) is 0 Å². The van der Waals surface area contributed by atoms with Crippen LogP contribution >= 0.6 is 0 Å². The highest BCUT2D eigenvalue weighted by molar-refractivity contribution is 6.43. The van der Waals surface area contributed by atoms with Crippen molar-refractivity contribution >= 4 is 36.3 Å². The number of hydrogen-bond donors (Lipinski definition) is 7. The van der Waals surface area contributed by atoms with Gasteiger partial charge in [0.15, 0.2) is 11.6 Å². The second-order valence-electron chi connectivity index (χ2n) is 12.6. The Hall–Kier alpha value is -2.19. The summed E-state index contributed by atoms with van der Waals surface area (Å²) in [6.45, 7) is 7.13. The predicted octanol–water partition coefficient (Wildman–Crippen LogP) is 1.95. The normalized spacial score (nSPS) is 15.3. The second kappa shape index (κ2) is 25.0. The highest BCUT2D eigenvalue weighted by Crippen LogP contribution is 2.18. The molecule has 0 saturated carbocycles. The first kappa shape index (κ1) is 42.8. The number of aliphatic hydroxyl groups is 1. The fourth-order valence-electron chi connectivity index (χ4n) is 5.13. The summed E-state index contributed by atoms with van der Waals surface area (Å²) >= 11 is 0. The molecule has 0 fully saturated rings. The Morgan fingerprint density at radius 3 is 1.89 bits per heavy atom. The number of nitrogens with one attached hydrogen (secondary N) is 2. The van der Waals surface area contributed by atoms with Gasteiger partial charge in [0.1, 0.15) is 11.8 Å². The monoisotopic (exact) mass is 640 g/mol. The highest BCUT2D eigenvalue weighted by Gasteiger charge is 2.33. The van der Waals surface area contributed by atoms with Crippen LogP contribution in [-0.2, 0) is 24.0 Å². The van der Waals surface area contributed by atoms with E-state index in [0.29, 0.717) is 32.2 Å². The van der Waals surface area contributed by atoms with E-state index in [2.05, 4.69) is 17.6 Å². The predicted molar refractivity (Wildman–Crippen MR) is 176 cm³/mol. The van der Waals surface area contributed by atoms with E-state index in [1.807, 2.05) is 0 Å². The SMILES string of the molecule is CCCCCCCCCC(=O)C[C@@H](CCN)C(=O)N[C@H](C(=O)C[C@@H](C)C(=O)N[C@@H](CCCCN)C(=O)C[C@@H](C)B(O)O)[C@@H](C)O. The van der Waals surface area contributed by atoms with Crippen LogP contribution in [0, 0.1) is 11.8 Å². The lowest BCUT2D eigenvalue weighted by Crippen LogP contribution is -2.51. The van der Waals surface area contributed by atoms with Crippen molar-refractivity contribution < 1.29 is 39.1 Å². The first-order valence-corrected chi connectivity index (χ1v) is 16.9. The third-order valence-corrected chi connectivity index (χ3v) is 8.19. The number of hydrogen-bond acceptors (Lipinski definition) is 10. The molecule has 0 aliphatic carbocycles. The number of carbonyl (C=O) groups excluding carboxylic acids is 5. The topological polar surface area (TPSA) is 222 Å². The summed E-state index contributed by atoms with van der Waals surface area (Å²) < 4.78 is 0. The molecule has 0 radical (unpaired) electrons. The standard InChI is InChI=1S/C32H61BN4O8/c1-5-6-7-8-9-10-11-14-26(39)21-25(16-18-35)32(43)37-30(24(4)38)29(41)19-22(2)31(42)36-27(15-12-13-17-34)28(40)20-23(3)33(44)45/h22-25,27,30,38,44-45H,5-21,34-35H2,1-4H3,(H,36,42)(H,37,43)/t22-,23-,24-,25-,27+,30+/m1/s1. The van der Waals surface area contributed by atoms with Crippen molar-refractivity contribution in [1.29, 1.82) is 0 Å². The molecule has 0 spiro atoms. The number of aliphatic hydroxyl groups excluding tert-OH is 1. The minimum atomic E-state index is -1.67. The summed E-state index contributed by atoms with van der Waals surface area (Å²) in [5.74, 6) is -4.41. The van der Waals surface area contributed by atoms with Crippen molar-refractivity contribution in [3.8, 4) is 0 Å². The maximum Gasteiger partial charge on any atom is 0.454 e. The van der Waals surface area contributed by atoms with Gasteiger partial charge in [0.25, 0.3) is 0 Å². The van der Waals surface area contributed by atoms with Crippen LogP contribution in [0.15, 0.2) is 0 Å². The average molecular weight is 641 g/mol. The third-order valence-electron chi connectivity index (χ3n) is 8.19. The van der Waals surface area contributed by atoms with E-state index in [4.69, 9.17) is 11.5 Å². The zero-order chi connectivity index (χ0) is 34.4. The van der Waals surface area contributed by atoms with Gasteiger partial charge >= 0.3 is 7.12 Å². The fourth-order valence-corrected chi connectivity index (χ4v) is 5.13. The van der Waals surface area contributed by atoms with E-state index < -0.39 is 60.6 Å². The van der Waals surface area contributed by atoms with E-state index in [1.54, 1.807) is 0 Å². The van der Waals surface area contributed by atoms with Gasteiger partial charge in [-0.2, -0.15) is 0 Å². The molecule has 0 heterocycles. The Kier molecular flexibility index (Phi) is 23.8. The van der Waals surface area contributed by atoms with Gasteiger partial charge in [-0.1, -0.05) is 59.3 Å². The summed E-state index contributed by atoms with van der Waals surface area (Å²) in [7, 11) is -1.67. The number of Topliss-reactive ketones (excluding diaryl/α,β-unsaturated/α-hetero) is 3. The van der Waals surface area contributed by atoms with Gasteiger partial charge in [0, 0.05) is 37.5 Å². The van der Waals surface area contributed by atoms with E-state index in [9.17, 15) is 39.1 Å². The highest BCUT2D eigenvalue weighted by atomic mass is 16.4. The lowest BCUT2D eigenvalue weighted by Gasteiger charge is -2.25. The Bertz CT molecular complexity index is 889. The van der Waals surface area contributed by atoms with Gasteiger partial charge in [0.05, 0.1) is 12.1 Å². The summed E-state index contributed by atoms with van der Waals surface area (Å²) in [5.41, 5.74) is 11.3. The Morgan fingerprint density at radius 2 is 1.33 bits per heavy atom. The number of unbranched alkanes of at least 4 members (excludes halogenated alkanes) is 7. The molecule has 0 aromatic carbocycles. The minimum absolute atomic E-state index is 0.00387. The zero-order valence-corrected chi connectivity index (χ0v) is 28.1. The van der Waals surface area contributed by atoms with Gasteiger partial charge < -0.3 is 37.3 Å². The van der Waals surface area contributed by atoms with Gasteiger partial charge in [-0.15, -0.1) is 0 Å². The summed E-state index contributed by atoms with van der Waals surface area (Å²) in [5, 5.41) is 34.3. The van der Waals surface area contributed by atoms with Crippen LogP contribution < -0.4 is 22.1 Å². The van der Waals surface area contributed by atoms with Crippen LogP contribution in [-0.4, -0.2) is 82.7 Å². The molecule has 0 aromatic rings. The first-order valence-electron chi connectivity index (χ1n) is 16.9. The van der Waals surface area contributed by atoms with Gasteiger partial charge in [0.2, 0.25) is 11.8 Å². The summed E-state index contributed by atoms with van der Waals surface area (Å²) in [4.78, 5) is 64.7. The van der Waals surface area contributed by atoms with Crippen molar-refractivity contribution in [2.75, 3.05) is 13.1 Å². The van der Waals surface area contributed by atoms with E-state index >= 15 is 0 Å². The lowest BCUT2D eigenvalue weighted by atomic mass is 9.71. The number of rotatable bonds is 28. The van der Waals surface area contributed by atoms with Crippen molar-refractivity contribution in [2.45, 2.75) is 148 Å². The molecule has 13 heteroatoms. The number of carbonyl (C=O) groups is 5. The Morgan fingerprint density at radius 1 is 0.711 bits per heavy atom. The Balaban J connectivity index is 5.21. The van der Waals surface area contributed by atoms with E-state index in [-0.39, 0.29) is 43.8 Å². The van der Waals surface area contributed by atoms with Crippen LogP contribution in [0.2, 0.25) is 5.82 Å². The minimum Gasteiger partial charge on any atom is -0.427 e. The van der Waals surface area contributed by atoms with Gasteiger partial charge in [-0.3, -0.25) is 24.0 Å². The molecular formula is C32H61BN4O8. The molecule has 260 valence electrons. The maximum absolute atomic E-state index is 13.2. The van der Waals surface area contributed by atoms with Crippen molar-refractivity contribution in [1.82, 2.24) is 10.6 Å². The zero-order valence-electron chi connectivity index (χ0n) is 28.1. The third kappa shape index (κ3) is 19.2. The second-order valence-corrected chi connectivity index (χ2v) is 12.6. The molecule has 0 bridgehead atoms. The fraction of sp³-hybridized carbons (Fsp3) is 0.844. The van der Waals surface area contributed by atoms with E-state index in [0.717, 1.165) is 25.7 Å². The molecular weight excluding hydrogens is 579 g/mol. The van der Waals surface area contributed by atoms with Crippen molar-refractivity contribution in [2.24, 2.45) is 23.3 Å². The molecule has 6 atom stereocenters. The molecule has 2 amide bonds. The van der Waals surface area contributed by atoms with Crippen LogP contribution in [0.25, 0.3) is 0 Å². The number of ketones is 3. The van der Waals surface area contributed by atoms with Crippen LogP contribution in [0.5, 0.6) is 0 Å². The van der Waals surface area contributed by atoms with Crippen LogP contribution in [0.3, 0.4) is 0 Å². The molecule has 0 rings (SSSR count). The lowest BCUT2D eigenvalue weighted by molar-refractivity contribution is -0.136. The molecule has 9 N–H and O–H groups in total. The quantitative estimate of drug-likeness (QED) is 0.0486. The summed E-state index contributed by atoms with van der Waals surface area (Å²) in [6, 6.07) is -2.18. The molecule has 45 heavy (non-hydrogen) atoms. The van der Waals surface area contributed by atoms with Crippen LogP contribution in [0.1, 0.15) is 124 Å². The van der Waals surface area contributed by atoms with Gasteiger partial charge in [-0.05, 0) is 57.9 Å². The molecule has 0 aliphatic rings.